The lowest BCUT2D eigenvalue weighted by Gasteiger charge is -2.34. The van der Waals surface area contributed by atoms with Gasteiger partial charge in [0.15, 0.2) is 0 Å². The van der Waals surface area contributed by atoms with Gasteiger partial charge in [0.05, 0.1) is 10.6 Å². The molecule has 0 bridgehead atoms. The third kappa shape index (κ3) is 8.57. The average Bonchev–Trinajstić information content (AvgIpc) is 3.02. The van der Waals surface area contributed by atoms with Crippen molar-refractivity contribution in [2.75, 3.05) is 10.8 Å². The van der Waals surface area contributed by atoms with Crippen molar-refractivity contribution >= 4 is 43.5 Å². The molecule has 4 aromatic rings. The number of halogens is 1. The third-order valence-corrected chi connectivity index (χ3v) is 9.73. The topological polar surface area (TPSA) is 86.8 Å². The Kier molecular flexibility index (Phi) is 11.4. The van der Waals surface area contributed by atoms with E-state index in [1.807, 2.05) is 75.4 Å². The highest BCUT2D eigenvalue weighted by atomic mass is 79.9. The van der Waals surface area contributed by atoms with Gasteiger partial charge in [-0.25, -0.2) is 8.42 Å². The van der Waals surface area contributed by atoms with E-state index in [1.54, 1.807) is 54.6 Å². The Hall–Kier alpha value is -3.95. The number of aryl methyl sites for hydroxylation is 1. The molecule has 0 heterocycles. The lowest BCUT2D eigenvalue weighted by molar-refractivity contribution is -0.140. The molecule has 0 fully saturated rings. The molecule has 7 nitrogen and oxygen atoms in total. The van der Waals surface area contributed by atoms with E-state index in [0.29, 0.717) is 5.69 Å². The van der Waals surface area contributed by atoms with Crippen LogP contribution in [0.5, 0.6) is 0 Å². The summed E-state index contributed by atoms with van der Waals surface area (Å²) in [6.45, 7) is 5.40. The van der Waals surface area contributed by atoms with Crippen LogP contribution in [0.25, 0.3) is 0 Å². The Labute approximate surface area is 269 Å². The first-order valence-corrected chi connectivity index (χ1v) is 16.8. The zero-order chi connectivity index (χ0) is 31.7. The Morgan fingerprint density at radius 1 is 0.841 bits per heavy atom. The standard InChI is InChI=1S/C35H38BrN3O4S/c1-4-27(3)37-35(41)33(23-28-12-7-5-8-13-28)38(24-29-14-11-15-30(36)22-29)34(40)25-39(31-16-9-6-10-17-31)44(42,43)32-20-18-26(2)19-21-32/h5-22,27,33H,4,23-25H2,1-3H3,(H,37,41)/t27-,33+/m1/s1. The summed E-state index contributed by atoms with van der Waals surface area (Å²) in [6, 6.07) is 31.2. The van der Waals surface area contributed by atoms with Crippen LogP contribution in [-0.2, 0) is 32.6 Å². The number of rotatable bonds is 13. The molecular weight excluding hydrogens is 638 g/mol. The summed E-state index contributed by atoms with van der Waals surface area (Å²) in [5.41, 5.74) is 2.96. The normalized spacial score (nSPS) is 12.6. The van der Waals surface area contributed by atoms with Gasteiger partial charge in [-0.2, -0.15) is 0 Å². The highest BCUT2D eigenvalue weighted by molar-refractivity contribution is 9.10. The van der Waals surface area contributed by atoms with Crippen molar-refractivity contribution in [3.8, 4) is 0 Å². The maximum absolute atomic E-state index is 14.5. The second-order valence-corrected chi connectivity index (χ2v) is 13.6. The van der Waals surface area contributed by atoms with Gasteiger partial charge in [0.2, 0.25) is 11.8 Å². The van der Waals surface area contributed by atoms with Crippen LogP contribution in [0.15, 0.2) is 119 Å². The smallest absolute Gasteiger partial charge is 0.264 e. The summed E-state index contributed by atoms with van der Waals surface area (Å²) in [7, 11) is -4.13. The first-order chi connectivity index (χ1) is 21.1. The van der Waals surface area contributed by atoms with Crippen LogP contribution in [0.3, 0.4) is 0 Å². The second-order valence-electron chi connectivity index (χ2n) is 10.8. The molecule has 0 aromatic heterocycles. The Balaban J connectivity index is 1.79. The van der Waals surface area contributed by atoms with E-state index in [1.165, 1.54) is 4.90 Å². The van der Waals surface area contributed by atoms with E-state index in [9.17, 15) is 18.0 Å². The summed E-state index contributed by atoms with van der Waals surface area (Å²) in [5.74, 6) is -0.788. The van der Waals surface area contributed by atoms with Crippen LogP contribution >= 0.6 is 15.9 Å². The van der Waals surface area contributed by atoms with Gasteiger partial charge in [-0.15, -0.1) is 0 Å². The number of anilines is 1. The molecule has 2 amide bonds. The first kappa shape index (κ1) is 33.0. The molecule has 0 unspecified atom stereocenters. The van der Waals surface area contributed by atoms with Crippen LogP contribution in [0.4, 0.5) is 5.69 Å². The zero-order valence-electron chi connectivity index (χ0n) is 25.2. The van der Waals surface area contributed by atoms with Gasteiger partial charge in [-0.3, -0.25) is 13.9 Å². The van der Waals surface area contributed by atoms with Crippen LogP contribution in [-0.4, -0.2) is 43.8 Å². The van der Waals surface area contributed by atoms with E-state index in [2.05, 4.69) is 21.2 Å². The molecule has 9 heteroatoms. The SMILES string of the molecule is CC[C@@H](C)NC(=O)[C@H](Cc1ccccc1)N(Cc1cccc(Br)c1)C(=O)CN(c1ccccc1)S(=O)(=O)c1ccc(C)cc1. The Morgan fingerprint density at radius 3 is 2.07 bits per heavy atom. The van der Waals surface area contributed by atoms with E-state index >= 15 is 0 Å². The Bertz CT molecular complexity index is 1650. The number of benzene rings is 4. The van der Waals surface area contributed by atoms with Gasteiger partial charge in [0.25, 0.3) is 10.0 Å². The highest BCUT2D eigenvalue weighted by Crippen LogP contribution is 2.25. The molecule has 4 rings (SSSR count). The molecule has 0 saturated heterocycles. The maximum atomic E-state index is 14.5. The minimum absolute atomic E-state index is 0.0774. The first-order valence-electron chi connectivity index (χ1n) is 14.6. The minimum atomic E-state index is -4.13. The van der Waals surface area contributed by atoms with Crippen LogP contribution in [0, 0.1) is 6.92 Å². The molecule has 0 radical (unpaired) electrons. The lowest BCUT2D eigenvalue weighted by Crippen LogP contribution is -2.54. The summed E-state index contributed by atoms with van der Waals surface area (Å²) in [5, 5.41) is 3.05. The van der Waals surface area contributed by atoms with Crippen LogP contribution < -0.4 is 9.62 Å². The molecule has 2 atom stereocenters. The quantitative estimate of drug-likeness (QED) is 0.175. The molecule has 0 aliphatic heterocycles. The van der Waals surface area contributed by atoms with Crippen molar-refractivity contribution in [3.05, 3.63) is 130 Å². The van der Waals surface area contributed by atoms with Crippen molar-refractivity contribution in [2.45, 2.75) is 57.1 Å². The van der Waals surface area contributed by atoms with Crippen molar-refractivity contribution in [1.29, 1.82) is 0 Å². The summed E-state index contributed by atoms with van der Waals surface area (Å²) >= 11 is 3.51. The maximum Gasteiger partial charge on any atom is 0.264 e. The van der Waals surface area contributed by atoms with Gasteiger partial charge in [0, 0.05) is 23.5 Å². The van der Waals surface area contributed by atoms with Crippen molar-refractivity contribution in [3.63, 3.8) is 0 Å². The summed E-state index contributed by atoms with van der Waals surface area (Å²) in [6.07, 6.45) is 0.985. The van der Waals surface area contributed by atoms with Crippen LogP contribution in [0.1, 0.15) is 37.0 Å². The van der Waals surface area contributed by atoms with Gasteiger partial charge < -0.3 is 10.2 Å². The molecule has 44 heavy (non-hydrogen) atoms. The highest BCUT2D eigenvalue weighted by Gasteiger charge is 2.35. The van der Waals surface area contributed by atoms with E-state index in [0.717, 1.165) is 31.9 Å². The van der Waals surface area contributed by atoms with E-state index in [4.69, 9.17) is 0 Å². The number of sulfonamides is 1. The van der Waals surface area contributed by atoms with Crippen molar-refractivity contribution in [1.82, 2.24) is 10.2 Å². The largest absolute Gasteiger partial charge is 0.352 e. The van der Waals surface area contributed by atoms with Crippen LogP contribution in [0.2, 0.25) is 0 Å². The fourth-order valence-corrected chi connectivity index (χ4v) is 6.65. The van der Waals surface area contributed by atoms with E-state index in [-0.39, 0.29) is 29.8 Å². The molecule has 0 spiro atoms. The number of nitrogens with one attached hydrogen (secondary N) is 1. The Morgan fingerprint density at radius 2 is 1.45 bits per heavy atom. The number of carbonyl (C=O) groups is 2. The predicted octanol–water partition coefficient (Wildman–Crippen LogP) is 6.51. The number of carbonyl (C=O) groups excluding carboxylic acids is 2. The summed E-state index contributed by atoms with van der Waals surface area (Å²) in [4.78, 5) is 29.9. The molecule has 0 aliphatic carbocycles. The number of nitrogens with zero attached hydrogens (tertiary/aromatic N) is 2. The molecule has 0 aliphatic rings. The van der Waals surface area contributed by atoms with Gasteiger partial charge in [-0.05, 0) is 67.8 Å². The zero-order valence-corrected chi connectivity index (χ0v) is 27.6. The predicted molar refractivity (Wildman–Crippen MR) is 179 cm³/mol. The molecular formula is C35H38BrN3O4S. The summed E-state index contributed by atoms with van der Waals surface area (Å²) < 4.78 is 30.1. The molecule has 0 saturated carbocycles. The molecule has 1 N–H and O–H groups in total. The lowest BCUT2D eigenvalue weighted by atomic mass is 10.0. The number of para-hydroxylation sites is 1. The van der Waals surface area contributed by atoms with Crippen molar-refractivity contribution in [2.24, 2.45) is 0 Å². The fraction of sp³-hybridized carbons (Fsp3) is 0.257. The van der Waals surface area contributed by atoms with Crippen molar-refractivity contribution < 1.29 is 18.0 Å². The third-order valence-electron chi connectivity index (χ3n) is 7.45. The molecule has 4 aromatic carbocycles. The number of hydrogen-bond acceptors (Lipinski definition) is 4. The fourth-order valence-electron chi connectivity index (χ4n) is 4.79. The number of amides is 2. The second kappa shape index (κ2) is 15.2. The monoisotopic (exact) mass is 675 g/mol. The van der Waals surface area contributed by atoms with E-state index < -0.39 is 28.5 Å². The molecule has 230 valence electrons. The minimum Gasteiger partial charge on any atom is -0.352 e. The van der Waals surface area contributed by atoms with Gasteiger partial charge >= 0.3 is 0 Å². The average molecular weight is 677 g/mol. The number of hydrogen-bond donors (Lipinski definition) is 1. The van der Waals surface area contributed by atoms with Gasteiger partial charge in [0.1, 0.15) is 12.6 Å². The van der Waals surface area contributed by atoms with Gasteiger partial charge in [-0.1, -0.05) is 101 Å².